The summed E-state index contributed by atoms with van der Waals surface area (Å²) in [6, 6.07) is 0. The summed E-state index contributed by atoms with van der Waals surface area (Å²) in [5, 5.41) is 102. The van der Waals surface area contributed by atoms with Gasteiger partial charge in [-0.25, -0.2) is 9.13 Å². The Balaban J connectivity index is 1.56. The molecule has 0 aromatic rings. The van der Waals surface area contributed by atoms with E-state index in [1.807, 2.05) is 6.08 Å². The Morgan fingerprint density at radius 2 is 1.02 bits per heavy atom. The average Bonchev–Trinajstić information content (AvgIpc) is 3.10. The van der Waals surface area contributed by atoms with E-state index in [0.29, 0.717) is 12.8 Å². The Labute approximate surface area is 298 Å². The number of ether oxygens (including phenoxy) is 4. The molecule has 3 aliphatic heterocycles. The first-order chi connectivity index (χ1) is 24.5. The number of hydrogen-bond donors (Lipinski definition) is 12. The van der Waals surface area contributed by atoms with Gasteiger partial charge in [-0.3, -0.25) is 18.1 Å². The SMILES string of the molecule is C=CCCCCCCCCOP(=O)(O)O[C@H]1O[C@H](CO)[C@@H](O[C@@H]2O[C@H](COP(=O)(O)O[C@H]3O[C@H](CO)[C@@H](O)[C@H](O)[C@@H]3O)[C@H](O)[C@H](O)[C@H]2O)[C@H](O)[C@@H]1O. The standard InChI is InChI=1S/C28H52O22P2/c1-2-3-4-5-6-7-8-9-10-43-51(39,40)49-28-24(38)21(35)25(15(12-30)46-28)48-26-22(36)20(34)18(32)16(47-26)13-44-52(41,42)50-27-23(37)19(33)17(31)14(11-29)45-27/h2,14-38H,1,3-13H2,(H,39,40)(H,41,42)/t14-,15-,16-,17-,18+,19+,20+,21-,22-,23+,24+,25-,26+,27-,28-/m1/s1. The molecule has 0 aliphatic carbocycles. The molecule has 17 atom stereocenters. The van der Waals surface area contributed by atoms with Gasteiger partial charge < -0.3 is 79.8 Å². The van der Waals surface area contributed by atoms with Crippen molar-refractivity contribution in [2.24, 2.45) is 0 Å². The van der Waals surface area contributed by atoms with E-state index in [1.54, 1.807) is 0 Å². The molecule has 306 valence electrons. The van der Waals surface area contributed by atoms with Gasteiger partial charge in [0, 0.05) is 0 Å². The van der Waals surface area contributed by atoms with Crippen molar-refractivity contribution in [3.8, 4) is 0 Å². The molecule has 24 heteroatoms. The normalized spacial score (nSPS) is 40.9. The summed E-state index contributed by atoms with van der Waals surface area (Å²) in [6.07, 6.45) is -21.2. The second-order valence-corrected chi connectivity index (χ2v) is 15.3. The molecule has 3 heterocycles. The summed E-state index contributed by atoms with van der Waals surface area (Å²) >= 11 is 0. The summed E-state index contributed by atoms with van der Waals surface area (Å²) in [5.74, 6) is 0. The summed E-state index contributed by atoms with van der Waals surface area (Å²) < 4.78 is 65.6. The molecule has 3 rings (SSSR count). The van der Waals surface area contributed by atoms with Gasteiger partial charge in [0.25, 0.3) is 0 Å². The van der Waals surface area contributed by atoms with Crippen LogP contribution in [0.1, 0.15) is 44.9 Å². The number of rotatable bonds is 21. The molecule has 2 unspecified atom stereocenters. The number of phosphoric acid groups is 2. The maximum absolute atomic E-state index is 12.6. The van der Waals surface area contributed by atoms with Crippen molar-refractivity contribution in [1.29, 1.82) is 0 Å². The third-order valence-electron chi connectivity index (χ3n) is 8.56. The Morgan fingerprint density at radius 3 is 1.60 bits per heavy atom. The molecule has 3 aliphatic rings. The lowest BCUT2D eigenvalue weighted by atomic mass is 9.97. The van der Waals surface area contributed by atoms with Gasteiger partial charge in [0.15, 0.2) is 18.9 Å². The number of phosphoric ester groups is 2. The zero-order chi connectivity index (χ0) is 38.8. The average molecular weight is 803 g/mol. The second-order valence-electron chi connectivity index (χ2n) is 12.5. The van der Waals surface area contributed by atoms with Gasteiger partial charge in [-0.1, -0.05) is 31.8 Å². The third-order valence-corrected chi connectivity index (χ3v) is 10.5. The van der Waals surface area contributed by atoms with Crippen LogP contribution < -0.4 is 0 Å². The lowest BCUT2D eigenvalue weighted by molar-refractivity contribution is -0.353. The van der Waals surface area contributed by atoms with Crippen molar-refractivity contribution in [3.05, 3.63) is 12.7 Å². The quantitative estimate of drug-likeness (QED) is 0.0306. The van der Waals surface area contributed by atoms with Crippen LogP contribution >= 0.6 is 15.6 Å². The highest BCUT2D eigenvalue weighted by molar-refractivity contribution is 7.47. The van der Waals surface area contributed by atoms with Crippen LogP contribution in [0, 0.1) is 0 Å². The molecular weight excluding hydrogens is 750 g/mol. The lowest BCUT2D eigenvalue weighted by Crippen LogP contribution is -2.64. The summed E-state index contributed by atoms with van der Waals surface area (Å²) in [6.45, 7) is 0.588. The smallest absolute Gasteiger partial charge is 0.394 e. The van der Waals surface area contributed by atoms with E-state index in [-0.39, 0.29) is 6.61 Å². The molecule has 0 saturated carbocycles. The summed E-state index contributed by atoms with van der Waals surface area (Å²) in [5.41, 5.74) is 0. The van der Waals surface area contributed by atoms with Crippen molar-refractivity contribution in [1.82, 2.24) is 0 Å². The molecular formula is C28H52O22P2. The highest BCUT2D eigenvalue weighted by Gasteiger charge is 2.53. The minimum absolute atomic E-state index is 0.164. The number of aliphatic hydroxyl groups excluding tert-OH is 10. The number of allylic oxidation sites excluding steroid dienone is 1. The Morgan fingerprint density at radius 1 is 0.558 bits per heavy atom. The van der Waals surface area contributed by atoms with Crippen molar-refractivity contribution >= 4 is 15.6 Å². The van der Waals surface area contributed by atoms with Crippen LogP contribution in [-0.4, -0.2) is 179 Å². The van der Waals surface area contributed by atoms with E-state index in [2.05, 4.69) is 6.58 Å². The molecule has 0 bridgehead atoms. The van der Waals surface area contributed by atoms with Gasteiger partial charge in [-0.05, 0) is 19.3 Å². The Kier molecular flexibility index (Phi) is 18.6. The molecule has 0 spiro atoms. The first-order valence-electron chi connectivity index (χ1n) is 16.7. The highest BCUT2D eigenvalue weighted by atomic mass is 31.2. The van der Waals surface area contributed by atoms with Crippen molar-refractivity contribution < 1.29 is 107 Å². The largest absolute Gasteiger partial charge is 0.474 e. The second kappa shape index (κ2) is 21.1. The van der Waals surface area contributed by atoms with E-state index in [4.69, 9.17) is 37.0 Å². The fourth-order valence-corrected chi connectivity index (χ4v) is 7.24. The van der Waals surface area contributed by atoms with Crippen LogP contribution in [0.5, 0.6) is 0 Å². The molecule has 0 radical (unpaired) electrons. The molecule has 52 heavy (non-hydrogen) atoms. The van der Waals surface area contributed by atoms with Gasteiger partial charge in [0.05, 0.1) is 26.4 Å². The van der Waals surface area contributed by atoms with Crippen molar-refractivity contribution in [3.63, 3.8) is 0 Å². The predicted molar refractivity (Wildman–Crippen MR) is 169 cm³/mol. The molecule has 0 amide bonds. The van der Waals surface area contributed by atoms with Crippen LogP contribution in [-0.2, 0) is 46.2 Å². The van der Waals surface area contributed by atoms with E-state index in [1.165, 1.54) is 0 Å². The molecule has 12 N–H and O–H groups in total. The van der Waals surface area contributed by atoms with Gasteiger partial charge in [0.1, 0.15) is 73.2 Å². The fraction of sp³-hybridized carbons (Fsp3) is 0.929. The van der Waals surface area contributed by atoms with Crippen LogP contribution in [0.15, 0.2) is 12.7 Å². The first-order valence-corrected chi connectivity index (χ1v) is 19.7. The maximum Gasteiger partial charge on any atom is 0.474 e. The van der Waals surface area contributed by atoms with Crippen LogP contribution in [0.25, 0.3) is 0 Å². The molecule has 0 aromatic heterocycles. The van der Waals surface area contributed by atoms with E-state index in [9.17, 15) is 70.0 Å². The Hall–Kier alpha value is -0.600. The van der Waals surface area contributed by atoms with Crippen LogP contribution in [0.2, 0.25) is 0 Å². The van der Waals surface area contributed by atoms with E-state index >= 15 is 0 Å². The zero-order valence-corrected chi connectivity index (χ0v) is 29.9. The van der Waals surface area contributed by atoms with Gasteiger partial charge in [0.2, 0.25) is 0 Å². The minimum Gasteiger partial charge on any atom is -0.394 e. The first kappa shape index (κ1) is 45.8. The highest BCUT2D eigenvalue weighted by Crippen LogP contribution is 2.48. The molecule has 3 saturated heterocycles. The number of hydrogen-bond acceptors (Lipinski definition) is 20. The lowest BCUT2D eigenvalue weighted by Gasteiger charge is -2.46. The molecule has 0 aromatic carbocycles. The van der Waals surface area contributed by atoms with Crippen molar-refractivity contribution in [2.75, 3.05) is 26.4 Å². The summed E-state index contributed by atoms with van der Waals surface area (Å²) in [7, 11) is -10.1. The van der Waals surface area contributed by atoms with Crippen LogP contribution in [0.3, 0.4) is 0 Å². The fourth-order valence-electron chi connectivity index (χ4n) is 5.55. The third kappa shape index (κ3) is 12.7. The molecule has 22 nitrogen and oxygen atoms in total. The van der Waals surface area contributed by atoms with Gasteiger partial charge in [-0.15, -0.1) is 6.58 Å². The van der Waals surface area contributed by atoms with E-state index in [0.717, 1.165) is 32.1 Å². The van der Waals surface area contributed by atoms with Gasteiger partial charge in [-0.2, -0.15) is 0 Å². The topological polar surface area (TPSA) is 351 Å². The van der Waals surface area contributed by atoms with E-state index < -0.39 is 128 Å². The maximum atomic E-state index is 12.6. The number of aliphatic hydroxyl groups is 10. The van der Waals surface area contributed by atoms with Gasteiger partial charge >= 0.3 is 15.6 Å². The monoisotopic (exact) mass is 802 g/mol. The zero-order valence-electron chi connectivity index (χ0n) is 28.1. The van der Waals surface area contributed by atoms with Crippen molar-refractivity contribution in [2.45, 2.75) is 137 Å². The number of unbranched alkanes of at least 4 members (excludes halogenated alkanes) is 6. The Bertz CT molecular complexity index is 1160. The predicted octanol–water partition coefficient (Wildman–Crippen LogP) is -3.40. The molecule has 3 fully saturated rings. The summed E-state index contributed by atoms with van der Waals surface area (Å²) in [4.78, 5) is 20.3. The van der Waals surface area contributed by atoms with Crippen LogP contribution in [0.4, 0.5) is 0 Å². The minimum atomic E-state index is -5.27.